The average molecular weight is 245 g/mol. The maximum atomic E-state index is 13.4. The number of aliphatic hydroxyl groups is 1. The van der Waals surface area contributed by atoms with Gasteiger partial charge in [0.05, 0.1) is 0 Å². The number of hydrogen-bond acceptors (Lipinski definition) is 2. The van der Waals surface area contributed by atoms with Crippen LogP contribution in [0.25, 0.3) is 0 Å². The van der Waals surface area contributed by atoms with Crippen molar-refractivity contribution in [2.45, 2.75) is 6.10 Å². The second-order valence-electron chi connectivity index (χ2n) is 3.78. The van der Waals surface area contributed by atoms with E-state index < -0.39 is 23.3 Å². The summed E-state index contributed by atoms with van der Waals surface area (Å²) < 4.78 is 26.8. The van der Waals surface area contributed by atoms with E-state index in [1.54, 1.807) is 30.3 Å². The van der Waals surface area contributed by atoms with Crippen LogP contribution >= 0.6 is 0 Å². The van der Waals surface area contributed by atoms with Gasteiger partial charge in [-0.2, -0.15) is 5.26 Å². The molecule has 0 aliphatic heterocycles. The van der Waals surface area contributed by atoms with E-state index in [9.17, 15) is 13.9 Å². The molecule has 18 heavy (non-hydrogen) atoms. The standard InChI is InChI=1S/C14H9F2NO/c15-12-6-10(7-13(16)11(12)8-17)14(18)9-4-2-1-3-5-9/h1-7,14,18H. The summed E-state index contributed by atoms with van der Waals surface area (Å²) in [4.78, 5) is 0. The van der Waals surface area contributed by atoms with Crippen molar-refractivity contribution in [2.24, 2.45) is 0 Å². The van der Waals surface area contributed by atoms with Gasteiger partial charge in [-0.15, -0.1) is 0 Å². The number of aliphatic hydroxyl groups excluding tert-OH is 1. The molecular formula is C14H9F2NO. The van der Waals surface area contributed by atoms with Crippen molar-refractivity contribution in [3.05, 3.63) is 70.8 Å². The molecule has 0 aliphatic carbocycles. The summed E-state index contributed by atoms with van der Waals surface area (Å²) in [6.07, 6.45) is -1.12. The Morgan fingerprint density at radius 1 is 1.00 bits per heavy atom. The van der Waals surface area contributed by atoms with Gasteiger partial charge in [0.1, 0.15) is 29.4 Å². The maximum Gasteiger partial charge on any atom is 0.144 e. The minimum atomic E-state index is -1.12. The van der Waals surface area contributed by atoms with Gasteiger partial charge in [0.15, 0.2) is 0 Å². The van der Waals surface area contributed by atoms with E-state index in [2.05, 4.69) is 0 Å². The molecule has 0 saturated heterocycles. The van der Waals surface area contributed by atoms with Gasteiger partial charge >= 0.3 is 0 Å². The molecule has 2 aromatic rings. The molecule has 0 heterocycles. The van der Waals surface area contributed by atoms with Gasteiger partial charge in [0.25, 0.3) is 0 Å². The number of nitriles is 1. The fourth-order valence-corrected chi connectivity index (χ4v) is 1.69. The SMILES string of the molecule is N#Cc1c(F)cc(C(O)c2ccccc2)cc1F. The van der Waals surface area contributed by atoms with E-state index in [4.69, 9.17) is 5.26 Å². The van der Waals surface area contributed by atoms with Crippen molar-refractivity contribution < 1.29 is 13.9 Å². The number of rotatable bonds is 2. The molecule has 90 valence electrons. The van der Waals surface area contributed by atoms with Gasteiger partial charge < -0.3 is 5.11 Å². The summed E-state index contributed by atoms with van der Waals surface area (Å²) in [6, 6.07) is 11.9. The minimum absolute atomic E-state index is 0.0789. The Morgan fingerprint density at radius 2 is 1.56 bits per heavy atom. The number of halogens is 2. The fourth-order valence-electron chi connectivity index (χ4n) is 1.69. The third-order valence-electron chi connectivity index (χ3n) is 2.61. The first kappa shape index (κ1) is 12.2. The zero-order valence-electron chi connectivity index (χ0n) is 9.27. The molecule has 0 amide bonds. The molecule has 2 nitrogen and oxygen atoms in total. The van der Waals surface area contributed by atoms with Crippen molar-refractivity contribution in [3.8, 4) is 6.07 Å². The molecule has 2 aromatic carbocycles. The van der Waals surface area contributed by atoms with Crippen molar-refractivity contribution in [1.82, 2.24) is 0 Å². The summed E-state index contributed by atoms with van der Waals surface area (Å²) in [6.45, 7) is 0. The van der Waals surface area contributed by atoms with E-state index in [1.165, 1.54) is 6.07 Å². The zero-order chi connectivity index (χ0) is 13.1. The molecule has 1 N–H and O–H groups in total. The average Bonchev–Trinajstić information content (AvgIpc) is 2.38. The highest BCUT2D eigenvalue weighted by Gasteiger charge is 2.16. The predicted molar refractivity (Wildman–Crippen MR) is 61.6 cm³/mol. The number of benzene rings is 2. The van der Waals surface area contributed by atoms with Gasteiger partial charge in [-0.3, -0.25) is 0 Å². The summed E-state index contributed by atoms with van der Waals surface area (Å²) in [5, 5.41) is 18.5. The van der Waals surface area contributed by atoms with E-state index in [1.807, 2.05) is 0 Å². The number of hydrogen-bond donors (Lipinski definition) is 1. The Morgan fingerprint density at radius 3 is 2.06 bits per heavy atom. The molecule has 1 unspecified atom stereocenters. The van der Waals surface area contributed by atoms with Crippen LogP contribution < -0.4 is 0 Å². The lowest BCUT2D eigenvalue weighted by atomic mass is 10.00. The molecule has 0 saturated carbocycles. The first-order chi connectivity index (χ1) is 8.63. The van der Waals surface area contributed by atoms with Crippen LogP contribution in [0.5, 0.6) is 0 Å². The fraction of sp³-hybridized carbons (Fsp3) is 0.0714. The quantitative estimate of drug-likeness (QED) is 0.884. The Hall–Kier alpha value is -2.25. The van der Waals surface area contributed by atoms with Gasteiger partial charge in [-0.1, -0.05) is 30.3 Å². The molecule has 0 aromatic heterocycles. The van der Waals surface area contributed by atoms with E-state index >= 15 is 0 Å². The van der Waals surface area contributed by atoms with Crippen molar-refractivity contribution in [3.63, 3.8) is 0 Å². The first-order valence-corrected chi connectivity index (χ1v) is 5.25. The largest absolute Gasteiger partial charge is 0.384 e. The van der Waals surface area contributed by atoms with Crippen LogP contribution in [0.1, 0.15) is 22.8 Å². The smallest absolute Gasteiger partial charge is 0.144 e. The monoisotopic (exact) mass is 245 g/mol. The van der Waals surface area contributed by atoms with E-state index in [0.29, 0.717) is 5.56 Å². The molecular weight excluding hydrogens is 236 g/mol. The Balaban J connectivity index is 2.45. The van der Waals surface area contributed by atoms with E-state index in [-0.39, 0.29) is 5.56 Å². The topological polar surface area (TPSA) is 44.0 Å². The van der Waals surface area contributed by atoms with Crippen LogP contribution in [0.4, 0.5) is 8.78 Å². The molecule has 1 atom stereocenters. The Kier molecular flexibility index (Phi) is 3.35. The Labute approximate surface area is 103 Å². The van der Waals surface area contributed by atoms with Crippen LogP contribution in [0.2, 0.25) is 0 Å². The molecule has 2 rings (SSSR count). The third-order valence-corrected chi connectivity index (χ3v) is 2.61. The molecule has 4 heteroatoms. The van der Waals surface area contributed by atoms with Crippen molar-refractivity contribution in [2.75, 3.05) is 0 Å². The summed E-state index contributed by atoms with van der Waals surface area (Å²) >= 11 is 0. The van der Waals surface area contributed by atoms with Crippen LogP contribution in [-0.2, 0) is 0 Å². The highest BCUT2D eigenvalue weighted by atomic mass is 19.1. The highest BCUT2D eigenvalue weighted by molar-refractivity contribution is 5.38. The van der Waals surface area contributed by atoms with Gasteiger partial charge in [-0.05, 0) is 23.3 Å². The summed E-state index contributed by atoms with van der Waals surface area (Å²) in [5.41, 5.74) is -0.0322. The first-order valence-electron chi connectivity index (χ1n) is 5.25. The molecule has 0 aliphatic rings. The van der Waals surface area contributed by atoms with Crippen LogP contribution in [0.3, 0.4) is 0 Å². The van der Waals surface area contributed by atoms with Crippen LogP contribution in [0.15, 0.2) is 42.5 Å². The number of nitrogens with zero attached hydrogens (tertiary/aromatic N) is 1. The van der Waals surface area contributed by atoms with Crippen molar-refractivity contribution >= 4 is 0 Å². The lowest BCUT2D eigenvalue weighted by Gasteiger charge is -2.12. The van der Waals surface area contributed by atoms with Crippen molar-refractivity contribution in [1.29, 1.82) is 5.26 Å². The lowest BCUT2D eigenvalue weighted by Crippen LogP contribution is -2.02. The maximum absolute atomic E-state index is 13.4. The predicted octanol–water partition coefficient (Wildman–Crippen LogP) is 2.92. The normalized spacial score (nSPS) is 11.9. The Bertz CT molecular complexity index is 582. The molecule has 0 spiro atoms. The second-order valence-corrected chi connectivity index (χ2v) is 3.78. The summed E-state index contributed by atoms with van der Waals surface area (Å²) in [7, 11) is 0. The van der Waals surface area contributed by atoms with Crippen LogP contribution in [-0.4, -0.2) is 5.11 Å². The third kappa shape index (κ3) is 2.22. The van der Waals surface area contributed by atoms with Gasteiger partial charge in [-0.25, -0.2) is 8.78 Å². The zero-order valence-corrected chi connectivity index (χ0v) is 9.27. The summed E-state index contributed by atoms with van der Waals surface area (Å²) in [5.74, 6) is -1.94. The minimum Gasteiger partial charge on any atom is -0.384 e. The van der Waals surface area contributed by atoms with Crippen LogP contribution in [0, 0.1) is 23.0 Å². The van der Waals surface area contributed by atoms with E-state index in [0.717, 1.165) is 12.1 Å². The van der Waals surface area contributed by atoms with Gasteiger partial charge in [0.2, 0.25) is 0 Å². The molecule has 0 fully saturated rings. The lowest BCUT2D eigenvalue weighted by molar-refractivity contribution is 0.219. The molecule has 0 radical (unpaired) electrons. The van der Waals surface area contributed by atoms with Gasteiger partial charge in [0, 0.05) is 0 Å². The highest BCUT2D eigenvalue weighted by Crippen LogP contribution is 2.25. The second kappa shape index (κ2) is 4.94. The molecule has 0 bridgehead atoms.